The Labute approximate surface area is 160 Å². The van der Waals surface area contributed by atoms with Gasteiger partial charge in [-0.3, -0.25) is 24.5 Å². The van der Waals surface area contributed by atoms with Crippen molar-refractivity contribution in [2.24, 2.45) is 0 Å². The lowest BCUT2D eigenvalue weighted by Crippen LogP contribution is -2.51. The minimum Gasteiger partial charge on any atom is -0.349 e. The molecule has 0 bridgehead atoms. The van der Waals surface area contributed by atoms with Crippen LogP contribution < -0.4 is 5.32 Å². The van der Waals surface area contributed by atoms with Gasteiger partial charge < -0.3 is 9.80 Å². The van der Waals surface area contributed by atoms with E-state index in [4.69, 9.17) is 0 Å². The normalized spacial score (nSPS) is 16.0. The van der Waals surface area contributed by atoms with E-state index in [1.54, 1.807) is 19.0 Å². The molecule has 2 rings (SSSR count). The van der Waals surface area contributed by atoms with Gasteiger partial charge in [0.15, 0.2) is 0 Å². The molecule has 1 N–H and O–H groups in total. The second-order valence-corrected chi connectivity index (χ2v) is 6.76. The second-order valence-electron chi connectivity index (χ2n) is 6.76. The predicted molar refractivity (Wildman–Crippen MR) is 103 cm³/mol. The number of carbonyl (C=O) groups excluding carboxylic acids is 4. The van der Waals surface area contributed by atoms with Gasteiger partial charge in [0, 0.05) is 33.5 Å². The maximum atomic E-state index is 11.8. The van der Waals surface area contributed by atoms with E-state index in [1.807, 2.05) is 39.0 Å². The summed E-state index contributed by atoms with van der Waals surface area (Å²) in [4.78, 5) is 47.8. The summed E-state index contributed by atoms with van der Waals surface area (Å²) >= 11 is 0. The highest BCUT2D eigenvalue weighted by atomic mass is 16.2. The summed E-state index contributed by atoms with van der Waals surface area (Å²) in [7, 11) is 3.51. The lowest BCUT2D eigenvalue weighted by molar-refractivity contribution is -0.141. The summed E-state index contributed by atoms with van der Waals surface area (Å²) in [6.45, 7) is 6.20. The van der Waals surface area contributed by atoms with Crippen LogP contribution in [0.25, 0.3) is 0 Å². The number of piperidine rings is 1. The molecule has 1 unspecified atom stereocenters. The molecule has 27 heavy (non-hydrogen) atoms. The molecule has 1 aliphatic heterocycles. The largest absolute Gasteiger partial charge is 0.349 e. The van der Waals surface area contributed by atoms with Crippen LogP contribution in [0.3, 0.4) is 0 Å². The second kappa shape index (κ2) is 10.4. The molecule has 7 nitrogen and oxygen atoms in total. The summed E-state index contributed by atoms with van der Waals surface area (Å²) in [5.41, 5.74) is 3.22. The van der Waals surface area contributed by atoms with Crippen LogP contribution in [0.4, 0.5) is 0 Å². The van der Waals surface area contributed by atoms with Crippen LogP contribution in [0.2, 0.25) is 0 Å². The first-order chi connectivity index (χ1) is 12.7. The fraction of sp³-hybridized carbons (Fsp3) is 0.500. The van der Waals surface area contributed by atoms with E-state index in [2.05, 4.69) is 5.32 Å². The van der Waals surface area contributed by atoms with Crippen molar-refractivity contribution in [2.45, 2.75) is 52.6 Å². The van der Waals surface area contributed by atoms with Gasteiger partial charge in [-0.2, -0.15) is 0 Å². The van der Waals surface area contributed by atoms with Crippen LogP contribution in [0, 0.1) is 13.8 Å². The zero-order valence-corrected chi connectivity index (χ0v) is 16.7. The van der Waals surface area contributed by atoms with Crippen molar-refractivity contribution in [2.75, 3.05) is 14.1 Å². The fourth-order valence-corrected chi connectivity index (χ4v) is 2.82. The third-order valence-electron chi connectivity index (χ3n) is 4.53. The summed E-state index contributed by atoms with van der Waals surface area (Å²) in [5.74, 6) is -0.483. The predicted octanol–water partition coefficient (Wildman–Crippen LogP) is 1.55. The van der Waals surface area contributed by atoms with Gasteiger partial charge in [0.25, 0.3) is 0 Å². The highest BCUT2D eigenvalue weighted by molar-refractivity contribution is 6.00. The highest BCUT2D eigenvalue weighted by Crippen LogP contribution is 2.19. The van der Waals surface area contributed by atoms with Gasteiger partial charge in [0.2, 0.25) is 24.1 Å². The van der Waals surface area contributed by atoms with E-state index in [0.29, 0.717) is 25.8 Å². The first-order valence-corrected chi connectivity index (χ1v) is 9.01. The molecular weight excluding hydrogens is 346 g/mol. The molecule has 1 saturated heterocycles. The fourth-order valence-electron chi connectivity index (χ4n) is 2.82. The van der Waals surface area contributed by atoms with Gasteiger partial charge in [-0.25, -0.2) is 0 Å². The molecule has 7 heteroatoms. The van der Waals surface area contributed by atoms with E-state index in [1.165, 1.54) is 4.90 Å². The van der Waals surface area contributed by atoms with E-state index in [-0.39, 0.29) is 24.1 Å². The molecule has 0 aliphatic carbocycles. The van der Waals surface area contributed by atoms with Crippen molar-refractivity contribution in [1.29, 1.82) is 0 Å². The molecule has 1 atom stereocenters. The average molecular weight is 375 g/mol. The Hall–Kier alpha value is -2.70. The van der Waals surface area contributed by atoms with E-state index in [9.17, 15) is 19.2 Å². The van der Waals surface area contributed by atoms with Crippen LogP contribution >= 0.6 is 0 Å². The van der Waals surface area contributed by atoms with Gasteiger partial charge in [-0.05, 0) is 37.0 Å². The lowest BCUT2D eigenvalue weighted by Gasteiger charge is -2.30. The van der Waals surface area contributed by atoms with Gasteiger partial charge in [-0.1, -0.05) is 25.1 Å². The van der Waals surface area contributed by atoms with Crippen molar-refractivity contribution in [3.8, 4) is 0 Å². The van der Waals surface area contributed by atoms with Crippen molar-refractivity contribution in [1.82, 2.24) is 15.1 Å². The number of benzene rings is 1. The zero-order valence-electron chi connectivity index (χ0n) is 16.7. The molecule has 1 aromatic rings. The summed E-state index contributed by atoms with van der Waals surface area (Å²) in [6, 6.07) is 5.36. The number of nitrogens with one attached hydrogen (secondary N) is 1. The number of rotatable bonds is 5. The summed E-state index contributed by atoms with van der Waals surface area (Å²) in [5, 5.41) is 2.28. The van der Waals surface area contributed by atoms with Crippen molar-refractivity contribution >= 4 is 24.1 Å². The number of hydrogen-bond acceptors (Lipinski definition) is 4. The monoisotopic (exact) mass is 375 g/mol. The van der Waals surface area contributed by atoms with Crippen LogP contribution in [-0.2, 0) is 25.7 Å². The standard InChI is InChI=1S/C15H18N2O3.C5H11NO/c1-10-4-3-5-11(2)12(10)8-17(9-18)13-6-7-14(19)16-15(13)20;1-4-5(7)6(2)3/h3-5,9,13H,6-8H2,1-2H3,(H,16,19,20);4H2,1-3H3. The van der Waals surface area contributed by atoms with Gasteiger partial charge in [0.1, 0.15) is 6.04 Å². The van der Waals surface area contributed by atoms with Crippen molar-refractivity contribution in [3.05, 3.63) is 34.9 Å². The molecule has 1 aliphatic rings. The number of carbonyl (C=O) groups is 4. The molecule has 4 amide bonds. The SMILES string of the molecule is CCC(=O)N(C)C.Cc1cccc(C)c1CN(C=O)C1CCC(=O)NC1=O. The molecule has 1 aromatic carbocycles. The molecule has 148 valence electrons. The van der Waals surface area contributed by atoms with Gasteiger partial charge >= 0.3 is 0 Å². The summed E-state index contributed by atoms with van der Waals surface area (Å²) in [6.07, 6.45) is 1.95. The number of hydrogen-bond donors (Lipinski definition) is 1. The van der Waals surface area contributed by atoms with E-state index >= 15 is 0 Å². The van der Waals surface area contributed by atoms with Crippen LogP contribution in [-0.4, -0.2) is 54.1 Å². The van der Waals surface area contributed by atoms with E-state index in [0.717, 1.165) is 16.7 Å². The number of imide groups is 1. The van der Waals surface area contributed by atoms with E-state index < -0.39 is 6.04 Å². The Balaban J connectivity index is 0.000000445. The van der Waals surface area contributed by atoms with Gasteiger partial charge in [0.05, 0.1) is 0 Å². The lowest BCUT2D eigenvalue weighted by atomic mass is 10.00. The molecule has 0 saturated carbocycles. The Morgan fingerprint density at radius 1 is 1.22 bits per heavy atom. The number of aryl methyl sites for hydroxylation is 2. The molecular formula is C20H29N3O4. The van der Waals surface area contributed by atoms with Gasteiger partial charge in [-0.15, -0.1) is 0 Å². The van der Waals surface area contributed by atoms with Crippen molar-refractivity contribution in [3.63, 3.8) is 0 Å². The topological polar surface area (TPSA) is 86.8 Å². The maximum Gasteiger partial charge on any atom is 0.249 e. The maximum absolute atomic E-state index is 11.8. The molecule has 0 aromatic heterocycles. The van der Waals surface area contributed by atoms with Crippen LogP contribution in [0.15, 0.2) is 18.2 Å². The number of nitrogens with zero attached hydrogens (tertiary/aromatic N) is 2. The minimum atomic E-state index is -0.566. The summed E-state index contributed by atoms with van der Waals surface area (Å²) < 4.78 is 0. The minimum absolute atomic E-state index is 0.181. The Morgan fingerprint density at radius 3 is 2.22 bits per heavy atom. The molecule has 0 spiro atoms. The molecule has 1 fully saturated rings. The van der Waals surface area contributed by atoms with Crippen molar-refractivity contribution < 1.29 is 19.2 Å². The zero-order chi connectivity index (χ0) is 20.6. The smallest absolute Gasteiger partial charge is 0.249 e. The first-order valence-electron chi connectivity index (χ1n) is 9.01. The average Bonchev–Trinajstić information content (AvgIpc) is 2.62. The molecule has 1 heterocycles. The van der Waals surface area contributed by atoms with Crippen LogP contribution in [0.5, 0.6) is 0 Å². The Morgan fingerprint density at radius 2 is 1.81 bits per heavy atom. The van der Waals surface area contributed by atoms with Crippen LogP contribution in [0.1, 0.15) is 42.9 Å². The Bertz CT molecular complexity index is 680. The molecule has 0 radical (unpaired) electrons. The Kier molecular flexibility index (Phi) is 8.65. The first kappa shape index (κ1) is 22.3. The quantitative estimate of drug-likeness (QED) is 0.625. The number of amides is 4. The highest BCUT2D eigenvalue weighted by Gasteiger charge is 2.31. The third kappa shape index (κ3) is 6.51. The third-order valence-corrected chi connectivity index (χ3v) is 4.53.